The smallest absolute Gasteiger partial charge is 0.303 e. The van der Waals surface area contributed by atoms with Crippen LogP contribution < -0.4 is 0 Å². The Hall–Kier alpha value is -1.77. The summed E-state index contributed by atoms with van der Waals surface area (Å²) < 4.78 is 2.21. The van der Waals surface area contributed by atoms with Gasteiger partial charge in [0.15, 0.2) is 0 Å². The first-order chi connectivity index (χ1) is 8.52. The summed E-state index contributed by atoms with van der Waals surface area (Å²) >= 11 is 0. The summed E-state index contributed by atoms with van der Waals surface area (Å²) in [5.74, 6) is -0.718. The van der Waals surface area contributed by atoms with Gasteiger partial charge < -0.3 is 9.67 Å². The second-order valence-corrected chi connectivity index (χ2v) is 4.84. The fourth-order valence-electron chi connectivity index (χ4n) is 2.64. The molecule has 0 spiro atoms. The quantitative estimate of drug-likeness (QED) is 0.898. The predicted octanol–water partition coefficient (Wildman–Crippen LogP) is 3.20. The lowest BCUT2D eigenvalue weighted by atomic mass is 10.0. The molecule has 1 aromatic heterocycles. The van der Waals surface area contributed by atoms with Crippen LogP contribution in [0, 0.1) is 13.8 Å². The number of benzene rings is 1. The zero-order chi connectivity index (χ0) is 13.3. The highest BCUT2D eigenvalue weighted by atomic mass is 16.4. The lowest BCUT2D eigenvalue weighted by Crippen LogP contribution is -1.97. The second kappa shape index (κ2) is 4.84. The first-order valence-corrected chi connectivity index (χ1v) is 6.27. The van der Waals surface area contributed by atoms with Gasteiger partial charge in [-0.3, -0.25) is 4.79 Å². The van der Waals surface area contributed by atoms with Crippen LogP contribution in [0.5, 0.6) is 0 Å². The van der Waals surface area contributed by atoms with E-state index in [0.29, 0.717) is 6.42 Å². The molecule has 0 fully saturated rings. The number of rotatable bonds is 4. The van der Waals surface area contributed by atoms with Crippen LogP contribution in [0.3, 0.4) is 0 Å². The molecule has 1 heterocycles. The number of aromatic nitrogens is 1. The van der Waals surface area contributed by atoms with Gasteiger partial charge in [-0.05, 0) is 37.8 Å². The van der Waals surface area contributed by atoms with Gasteiger partial charge in [0.25, 0.3) is 0 Å². The molecule has 0 unspecified atom stereocenters. The minimum atomic E-state index is -0.718. The molecular weight excluding hydrogens is 226 g/mol. The van der Waals surface area contributed by atoms with E-state index in [0.717, 1.165) is 6.42 Å². The first kappa shape index (κ1) is 12.7. The number of carbonyl (C=O) groups is 1. The van der Waals surface area contributed by atoms with Crippen molar-refractivity contribution in [3.05, 3.63) is 35.0 Å². The molecule has 1 aromatic carbocycles. The zero-order valence-corrected chi connectivity index (χ0v) is 11.2. The molecule has 3 heteroatoms. The third-order valence-electron chi connectivity index (χ3n) is 3.66. The number of para-hydroxylation sites is 1. The summed E-state index contributed by atoms with van der Waals surface area (Å²) in [7, 11) is 2.07. The van der Waals surface area contributed by atoms with Crippen molar-refractivity contribution in [1.29, 1.82) is 0 Å². The molecule has 2 aromatic rings. The van der Waals surface area contributed by atoms with E-state index in [-0.39, 0.29) is 6.42 Å². The van der Waals surface area contributed by atoms with Gasteiger partial charge in [-0.2, -0.15) is 0 Å². The monoisotopic (exact) mass is 245 g/mol. The number of fused-ring (bicyclic) bond motifs is 1. The number of carboxylic acid groups (broad SMARTS) is 1. The average Bonchev–Trinajstić information content (AvgIpc) is 2.55. The number of nitrogens with zero attached hydrogens (tertiary/aromatic N) is 1. The van der Waals surface area contributed by atoms with Gasteiger partial charge in [0.05, 0.1) is 5.52 Å². The van der Waals surface area contributed by atoms with Gasteiger partial charge in [0, 0.05) is 24.5 Å². The maximum atomic E-state index is 10.6. The van der Waals surface area contributed by atoms with Crippen molar-refractivity contribution >= 4 is 16.9 Å². The molecule has 0 aliphatic heterocycles. The Bertz CT molecular complexity index is 596. The Labute approximate surface area is 107 Å². The largest absolute Gasteiger partial charge is 0.481 e. The van der Waals surface area contributed by atoms with Crippen molar-refractivity contribution in [2.24, 2.45) is 7.05 Å². The molecule has 0 saturated carbocycles. The third-order valence-corrected chi connectivity index (χ3v) is 3.66. The maximum Gasteiger partial charge on any atom is 0.303 e. The maximum absolute atomic E-state index is 10.6. The van der Waals surface area contributed by atoms with E-state index < -0.39 is 5.97 Å². The summed E-state index contributed by atoms with van der Waals surface area (Å²) in [6.45, 7) is 4.22. The molecule has 0 saturated heterocycles. The Kier molecular flexibility index (Phi) is 3.41. The molecular formula is C15H19NO2. The van der Waals surface area contributed by atoms with Crippen LogP contribution in [-0.4, -0.2) is 15.6 Å². The van der Waals surface area contributed by atoms with Crippen molar-refractivity contribution in [3.63, 3.8) is 0 Å². The Morgan fingerprint density at radius 2 is 2.06 bits per heavy atom. The summed E-state index contributed by atoms with van der Waals surface area (Å²) in [6.07, 6.45) is 1.77. The fourth-order valence-corrected chi connectivity index (χ4v) is 2.64. The van der Waals surface area contributed by atoms with Gasteiger partial charge in [0.2, 0.25) is 0 Å². The van der Waals surface area contributed by atoms with Crippen molar-refractivity contribution in [2.45, 2.75) is 33.1 Å². The standard InChI is InChI=1S/C15H19NO2/c1-10-6-4-8-13-12(7-5-9-14(17)18)11(2)16(3)15(10)13/h4,6,8H,5,7,9H2,1-3H3,(H,17,18). The molecule has 2 rings (SSSR count). The molecule has 1 N–H and O–H groups in total. The Morgan fingerprint density at radius 3 is 2.72 bits per heavy atom. The van der Waals surface area contributed by atoms with E-state index in [1.54, 1.807) is 0 Å². The predicted molar refractivity (Wildman–Crippen MR) is 73.0 cm³/mol. The molecule has 3 nitrogen and oxygen atoms in total. The van der Waals surface area contributed by atoms with Crippen LogP contribution in [0.4, 0.5) is 0 Å². The van der Waals surface area contributed by atoms with E-state index in [2.05, 4.69) is 43.7 Å². The molecule has 0 aliphatic carbocycles. The van der Waals surface area contributed by atoms with Crippen LogP contribution in [-0.2, 0) is 18.3 Å². The molecule has 0 radical (unpaired) electrons. The molecule has 0 bridgehead atoms. The lowest BCUT2D eigenvalue weighted by Gasteiger charge is -2.01. The SMILES string of the molecule is Cc1cccc2c(CCCC(=O)O)c(C)n(C)c12. The number of aliphatic carboxylic acids is 1. The van der Waals surface area contributed by atoms with Crippen LogP contribution in [0.15, 0.2) is 18.2 Å². The fraction of sp³-hybridized carbons (Fsp3) is 0.400. The molecule has 96 valence electrons. The highest BCUT2D eigenvalue weighted by molar-refractivity contribution is 5.88. The van der Waals surface area contributed by atoms with Gasteiger partial charge in [0.1, 0.15) is 0 Å². The highest BCUT2D eigenvalue weighted by Gasteiger charge is 2.13. The first-order valence-electron chi connectivity index (χ1n) is 6.27. The lowest BCUT2D eigenvalue weighted by molar-refractivity contribution is -0.137. The van der Waals surface area contributed by atoms with Gasteiger partial charge in [-0.25, -0.2) is 0 Å². The normalized spacial score (nSPS) is 11.1. The third kappa shape index (κ3) is 2.13. The average molecular weight is 245 g/mol. The van der Waals surface area contributed by atoms with E-state index in [9.17, 15) is 4.79 Å². The topological polar surface area (TPSA) is 42.2 Å². The zero-order valence-electron chi connectivity index (χ0n) is 11.2. The van der Waals surface area contributed by atoms with Crippen molar-refractivity contribution in [1.82, 2.24) is 4.57 Å². The summed E-state index contributed by atoms with van der Waals surface area (Å²) in [4.78, 5) is 10.6. The summed E-state index contributed by atoms with van der Waals surface area (Å²) in [5.41, 5.74) is 5.06. The minimum Gasteiger partial charge on any atom is -0.481 e. The Morgan fingerprint density at radius 1 is 1.33 bits per heavy atom. The number of hydrogen-bond donors (Lipinski definition) is 1. The number of carboxylic acids is 1. The highest BCUT2D eigenvalue weighted by Crippen LogP contribution is 2.28. The van der Waals surface area contributed by atoms with Crippen molar-refractivity contribution in [2.75, 3.05) is 0 Å². The Balaban J connectivity index is 2.41. The van der Waals surface area contributed by atoms with Crippen LogP contribution in [0.25, 0.3) is 10.9 Å². The van der Waals surface area contributed by atoms with Gasteiger partial charge in [-0.1, -0.05) is 18.2 Å². The second-order valence-electron chi connectivity index (χ2n) is 4.84. The minimum absolute atomic E-state index is 0.238. The summed E-state index contributed by atoms with van der Waals surface area (Å²) in [6, 6.07) is 6.31. The summed E-state index contributed by atoms with van der Waals surface area (Å²) in [5, 5.41) is 9.98. The van der Waals surface area contributed by atoms with Crippen LogP contribution in [0.2, 0.25) is 0 Å². The van der Waals surface area contributed by atoms with Crippen LogP contribution in [0.1, 0.15) is 29.7 Å². The number of hydrogen-bond acceptors (Lipinski definition) is 1. The van der Waals surface area contributed by atoms with Crippen molar-refractivity contribution < 1.29 is 9.90 Å². The van der Waals surface area contributed by atoms with Gasteiger partial charge in [-0.15, -0.1) is 0 Å². The van der Waals surface area contributed by atoms with Crippen molar-refractivity contribution in [3.8, 4) is 0 Å². The van der Waals surface area contributed by atoms with E-state index >= 15 is 0 Å². The number of aryl methyl sites for hydroxylation is 3. The molecule has 0 aliphatic rings. The van der Waals surface area contributed by atoms with Crippen LogP contribution >= 0.6 is 0 Å². The molecule has 0 amide bonds. The molecule has 0 atom stereocenters. The van der Waals surface area contributed by atoms with Gasteiger partial charge >= 0.3 is 5.97 Å². The van der Waals surface area contributed by atoms with E-state index in [4.69, 9.17) is 5.11 Å². The van der Waals surface area contributed by atoms with E-state index in [1.165, 1.54) is 27.7 Å². The van der Waals surface area contributed by atoms with E-state index in [1.807, 2.05) is 0 Å². The molecule has 18 heavy (non-hydrogen) atoms.